The van der Waals surface area contributed by atoms with E-state index < -0.39 is 5.97 Å². The maximum absolute atomic E-state index is 11.5. The van der Waals surface area contributed by atoms with Gasteiger partial charge in [-0.25, -0.2) is 4.79 Å². The Balaban J connectivity index is 2.51. The van der Waals surface area contributed by atoms with Crippen LogP contribution < -0.4 is 5.32 Å². The lowest BCUT2D eigenvalue weighted by Gasteiger charge is -2.05. The zero-order valence-corrected chi connectivity index (χ0v) is 12.2. The van der Waals surface area contributed by atoms with Crippen LogP contribution in [0, 0.1) is 0 Å². The second-order valence-corrected chi connectivity index (χ2v) is 5.39. The van der Waals surface area contributed by atoms with E-state index in [1.165, 1.54) is 23.9 Å². The number of halogens is 1. The molecule has 1 aromatic rings. The summed E-state index contributed by atoms with van der Waals surface area (Å²) in [6, 6.07) is 4.72. The van der Waals surface area contributed by atoms with Gasteiger partial charge in [-0.2, -0.15) is 0 Å². The topological polar surface area (TPSA) is 66.4 Å². The lowest BCUT2D eigenvalue weighted by Crippen LogP contribution is -2.25. The van der Waals surface area contributed by atoms with Crippen molar-refractivity contribution in [2.45, 2.75) is 24.7 Å². The molecule has 0 aliphatic heterocycles. The zero-order valence-electron chi connectivity index (χ0n) is 10.6. The van der Waals surface area contributed by atoms with Gasteiger partial charge >= 0.3 is 5.97 Å². The number of carbonyl (C=O) groups is 2. The first-order valence-corrected chi connectivity index (χ1v) is 7.33. The van der Waals surface area contributed by atoms with E-state index in [2.05, 4.69) is 12.2 Å². The van der Waals surface area contributed by atoms with Gasteiger partial charge in [0.2, 0.25) is 5.91 Å². The van der Waals surface area contributed by atoms with Crippen LogP contribution in [0.5, 0.6) is 0 Å². The average Bonchev–Trinajstić information content (AvgIpc) is 2.37. The summed E-state index contributed by atoms with van der Waals surface area (Å²) in [4.78, 5) is 23.1. The van der Waals surface area contributed by atoms with Crippen LogP contribution in [0.2, 0.25) is 5.02 Å². The molecule has 0 saturated carbocycles. The predicted molar refractivity (Wildman–Crippen MR) is 77.1 cm³/mol. The SMILES string of the molecule is CCCCNC(=O)CSc1ccc(Cl)c(C(=O)O)c1. The quantitative estimate of drug-likeness (QED) is 0.600. The first kappa shape index (κ1) is 15.9. The number of nitrogens with one attached hydrogen (secondary N) is 1. The fourth-order valence-electron chi connectivity index (χ4n) is 1.36. The first-order chi connectivity index (χ1) is 9.04. The number of carboxylic acids is 1. The molecular weight excluding hydrogens is 286 g/mol. The molecular formula is C13H16ClNO3S. The van der Waals surface area contributed by atoms with Crippen molar-refractivity contribution in [2.24, 2.45) is 0 Å². The molecule has 1 aromatic carbocycles. The Morgan fingerprint density at radius 2 is 2.16 bits per heavy atom. The molecule has 0 bridgehead atoms. The van der Waals surface area contributed by atoms with Crippen LogP contribution in [-0.2, 0) is 4.79 Å². The van der Waals surface area contributed by atoms with E-state index in [-0.39, 0.29) is 22.2 Å². The zero-order chi connectivity index (χ0) is 14.3. The van der Waals surface area contributed by atoms with E-state index in [1.807, 2.05) is 0 Å². The second kappa shape index (κ2) is 8.07. The van der Waals surface area contributed by atoms with Crippen LogP contribution in [0.4, 0.5) is 0 Å². The first-order valence-electron chi connectivity index (χ1n) is 5.97. The van der Waals surface area contributed by atoms with Crippen molar-refractivity contribution >= 4 is 35.2 Å². The van der Waals surface area contributed by atoms with Gasteiger partial charge in [0.1, 0.15) is 0 Å². The van der Waals surface area contributed by atoms with Crippen molar-refractivity contribution in [3.8, 4) is 0 Å². The molecule has 0 fully saturated rings. The number of hydrogen-bond acceptors (Lipinski definition) is 3. The van der Waals surface area contributed by atoms with Gasteiger partial charge in [0.25, 0.3) is 0 Å². The molecule has 0 aliphatic rings. The Morgan fingerprint density at radius 1 is 1.42 bits per heavy atom. The number of carbonyl (C=O) groups excluding carboxylic acids is 1. The molecule has 0 spiro atoms. The molecule has 1 amide bonds. The van der Waals surface area contributed by atoms with Crippen molar-refractivity contribution in [3.63, 3.8) is 0 Å². The van der Waals surface area contributed by atoms with E-state index in [0.717, 1.165) is 12.8 Å². The molecule has 0 saturated heterocycles. The van der Waals surface area contributed by atoms with Crippen LogP contribution in [-0.4, -0.2) is 29.3 Å². The number of thioether (sulfide) groups is 1. The van der Waals surface area contributed by atoms with E-state index in [1.54, 1.807) is 6.07 Å². The number of unbranched alkanes of at least 4 members (excludes halogenated alkanes) is 1. The summed E-state index contributed by atoms with van der Waals surface area (Å²) in [5.74, 6) is -0.852. The molecule has 4 nitrogen and oxygen atoms in total. The Morgan fingerprint density at radius 3 is 2.79 bits per heavy atom. The molecule has 6 heteroatoms. The maximum Gasteiger partial charge on any atom is 0.337 e. The highest BCUT2D eigenvalue weighted by Gasteiger charge is 2.10. The van der Waals surface area contributed by atoms with E-state index in [0.29, 0.717) is 11.4 Å². The van der Waals surface area contributed by atoms with Gasteiger partial charge in [-0.15, -0.1) is 11.8 Å². The van der Waals surface area contributed by atoms with Crippen molar-refractivity contribution in [2.75, 3.05) is 12.3 Å². The highest BCUT2D eigenvalue weighted by atomic mass is 35.5. The molecule has 104 valence electrons. The normalized spacial score (nSPS) is 10.2. The smallest absolute Gasteiger partial charge is 0.337 e. The molecule has 0 unspecified atom stereocenters. The summed E-state index contributed by atoms with van der Waals surface area (Å²) < 4.78 is 0. The Hall–Kier alpha value is -1.20. The third-order valence-corrected chi connectivity index (χ3v) is 3.71. The van der Waals surface area contributed by atoms with Crippen LogP contribution >= 0.6 is 23.4 Å². The third-order valence-electron chi connectivity index (χ3n) is 2.39. The van der Waals surface area contributed by atoms with Gasteiger partial charge in [0.15, 0.2) is 0 Å². The van der Waals surface area contributed by atoms with Crippen LogP contribution in [0.15, 0.2) is 23.1 Å². The van der Waals surface area contributed by atoms with Crippen LogP contribution in [0.1, 0.15) is 30.1 Å². The van der Waals surface area contributed by atoms with Gasteiger partial charge in [-0.05, 0) is 24.6 Å². The summed E-state index contributed by atoms with van der Waals surface area (Å²) in [5, 5.41) is 11.9. The third kappa shape index (κ3) is 5.53. The molecule has 0 atom stereocenters. The highest BCUT2D eigenvalue weighted by Crippen LogP contribution is 2.24. The molecule has 2 N–H and O–H groups in total. The molecule has 1 rings (SSSR count). The average molecular weight is 302 g/mol. The number of hydrogen-bond donors (Lipinski definition) is 2. The van der Waals surface area contributed by atoms with Crippen molar-refractivity contribution in [1.82, 2.24) is 5.32 Å². The minimum absolute atomic E-state index is 0.0507. The lowest BCUT2D eigenvalue weighted by molar-refractivity contribution is -0.118. The Bertz CT molecular complexity index is 465. The second-order valence-electron chi connectivity index (χ2n) is 3.94. The van der Waals surface area contributed by atoms with E-state index in [9.17, 15) is 9.59 Å². The fraction of sp³-hybridized carbons (Fsp3) is 0.385. The summed E-state index contributed by atoms with van der Waals surface area (Å²) in [5.41, 5.74) is 0.0538. The lowest BCUT2D eigenvalue weighted by atomic mass is 10.2. The predicted octanol–water partition coefficient (Wildman–Crippen LogP) is 3.05. The molecule has 0 radical (unpaired) electrons. The monoisotopic (exact) mass is 301 g/mol. The van der Waals surface area contributed by atoms with E-state index >= 15 is 0 Å². The van der Waals surface area contributed by atoms with Gasteiger partial charge in [-0.1, -0.05) is 24.9 Å². The van der Waals surface area contributed by atoms with Gasteiger partial charge in [0.05, 0.1) is 16.3 Å². The van der Waals surface area contributed by atoms with Crippen molar-refractivity contribution < 1.29 is 14.7 Å². The summed E-state index contributed by atoms with van der Waals surface area (Å²) >= 11 is 7.06. The standard InChI is InChI=1S/C13H16ClNO3S/c1-2-3-6-15-12(16)8-19-9-4-5-11(14)10(7-9)13(17)18/h4-5,7H,2-3,6,8H2,1H3,(H,15,16)(H,17,18). The Labute approximate surface area is 121 Å². The van der Waals surface area contributed by atoms with Gasteiger partial charge in [-0.3, -0.25) is 4.79 Å². The Kier molecular flexibility index (Phi) is 6.73. The number of aromatic carboxylic acids is 1. The summed E-state index contributed by atoms with van der Waals surface area (Å²) in [6.07, 6.45) is 1.99. The molecule has 0 aromatic heterocycles. The van der Waals surface area contributed by atoms with Crippen LogP contribution in [0.25, 0.3) is 0 Å². The van der Waals surface area contributed by atoms with E-state index in [4.69, 9.17) is 16.7 Å². The largest absolute Gasteiger partial charge is 0.478 e. The van der Waals surface area contributed by atoms with Crippen molar-refractivity contribution in [3.05, 3.63) is 28.8 Å². The summed E-state index contributed by atoms with van der Waals surface area (Å²) in [6.45, 7) is 2.74. The number of rotatable bonds is 7. The van der Waals surface area contributed by atoms with Crippen LogP contribution in [0.3, 0.4) is 0 Å². The number of carboxylic acid groups (broad SMARTS) is 1. The maximum atomic E-state index is 11.5. The molecule has 0 heterocycles. The fourth-order valence-corrected chi connectivity index (χ4v) is 2.33. The number of benzene rings is 1. The summed E-state index contributed by atoms with van der Waals surface area (Å²) in [7, 11) is 0. The van der Waals surface area contributed by atoms with Crippen molar-refractivity contribution in [1.29, 1.82) is 0 Å². The number of amides is 1. The minimum Gasteiger partial charge on any atom is -0.478 e. The molecule has 19 heavy (non-hydrogen) atoms. The highest BCUT2D eigenvalue weighted by molar-refractivity contribution is 8.00. The minimum atomic E-state index is -1.07. The molecule has 0 aliphatic carbocycles. The van der Waals surface area contributed by atoms with Gasteiger partial charge < -0.3 is 10.4 Å². The van der Waals surface area contributed by atoms with Gasteiger partial charge in [0, 0.05) is 11.4 Å².